The summed E-state index contributed by atoms with van der Waals surface area (Å²) in [5.41, 5.74) is 0.683. The fourth-order valence-electron chi connectivity index (χ4n) is 4.85. The van der Waals surface area contributed by atoms with Gasteiger partial charge >= 0.3 is 6.09 Å². The lowest BCUT2D eigenvalue weighted by Gasteiger charge is -2.43. The number of phenols is 1. The van der Waals surface area contributed by atoms with Crippen molar-refractivity contribution >= 4 is 17.9 Å². The van der Waals surface area contributed by atoms with Gasteiger partial charge in [-0.2, -0.15) is 4.90 Å². The molecule has 3 fully saturated rings. The number of imide groups is 3. The zero-order chi connectivity index (χ0) is 19.5. The Kier molecular flexibility index (Phi) is 4.01. The minimum Gasteiger partial charge on any atom is -0.508 e. The van der Waals surface area contributed by atoms with Crippen LogP contribution in [-0.4, -0.2) is 45.9 Å². The molecule has 8 nitrogen and oxygen atoms in total. The predicted molar refractivity (Wildman–Crippen MR) is 90.0 cm³/mol. The molecule has 1 saturated carbocycles. The lowest BCUT2D eigenvalue weighted by atomic mass is 9.65. The summed E-state index contributed by atoms with van der Waals surface area (Å²) in [4.78, 5) is 37.9. The van der Waals surface area contributed by atoms with Gasteiger partial charge in [0.05, 0.1) is 25.0 Å². The minimum atomic E-state index is -1.58. The highest BCUT2D eigenvalue weighted by Gasteiger charge is 2.66. The summed E-state index contributed by atoms with van der Waals surface area (Å²) in [6.45, 7) is 1.77. The number of hydrogen-bond acceptors (Lipinski definition) is 7. The molecule has 6 atom stereocenters. The van der Waals surface area contributed by atoms with Crippen LogP contribution in [0.3, 0.4) is 0 Å². The number of phenolic OH excluding ortho intramolecular Hbond substituents is 1. The molecule has 0 radical (unpaired) electrons. The van der Waals surface area contributed by atoms with Crippen LogP contribution in [0.5, 0.6) is 5.75 Å². The van der Waals surface area contributed by atoms with Crippen molar-refractivity contribution < 1.29 is 34.1 Å². The standard InChI is InChI=1S/C19H21NO7/c1-9-6-12-15(17(23)20(16(12)22)18(24)26-2)13-8-14(27-19(9,13)25)10-4-3-5-11(21)7-10/h3-5,7,9,12-15,21,25H,6,8H2,1-2H3/t9-,12-,13-,14-,15-,19+/m0/s1. The van der Waals surface area contributed by atoms with Crippen molar-refractivity contribution in [3.63, 3.8) is 0 Å². The summed E-state index contributed by atoms with van der Waals surface area (Å²) in [6, 6.07) is 6.53. The van der Waals surface area contributed by atoms with Crippen LogP contribution in [-0.2, 0) is 19.1 Å². The third-order valence-corrected chi connectivity index (χ3v) is 6.15. The Balaban J connectivity index is 1.70. The first-order valence-corrected chi connectivity index (χ1v) is 8.92. The Morgan fingerprint density at radius 1 is 1.30 bits per heavy atom. The van der Waals surface area contributed by atoms with Crippen molar-refractivity contribution in [1.29, 1.82) is 0 Å². The van der Waals surface area contributed by atoms with E-state index < -0.39 is 53.5 Å². The van der Waals surface area contributed by atoms with Crippen LogP contribution in [0.4, 0.5) is 4.79 Å². The molecule has 0 spiro atoms. The van der Waals surface area contributed by atoms with Crippen molar-refractivity contribution in [2.24, 2.45) is 23.7 Å². The maximum absolute atomic E-state index is 12.8. The van der Waals surface area contributed by atoms with Crippen LogP contribution >= 0.6 is 0 Å². The molecule has 0 bridgehead atoms. The van der Waals surface area contributed by atoms with E-state index in [1.165, 1.54) is 6.07 Å². The second-order valence-electron chi connectivity index (χ2n) is 7.55. The molecule has 2 N–H and O–H groups in total. The minimum absolute atomic E-state index is 0.0767. The number of aliphatic hydroxyl groups is 1. The molecule has 0 unspecified atom stereocenters. The van der Waals surface area contributed by atoms with E-state index in [2.05, 4.69) is 4.74 Å². The topological polar surface area (TPSA) is 113 Å². The van der Waals surface area contributed by atoms with Crippen LogP contribution in [0.1, 0.15) is 31.4 Å². The molecule has 4 rings (SSSR count). The lowest BCUT2D eigenvalue weighted by Crippen LogP contribution is -2.52. The van der Waals surface area contributed by atoms with Gasteiger partial charge in [-0.1, -0.05) is 19.1 Å². The fourth-order valence-corrected chi connectivity index (χ4v) is 4.85. The number of aromatic hydroxyl groups is 1. The molecule has 8 heteroatoms. The molecular weight excluding hydrogens is 354 g/mol. The van der Waals surface area contributed by atoms with E-state index in [0.717, 1.165) is 7.11 Å². The Labute approximate surface area is 155 Å². The summed E-state index contributed by atoms with van der Waals surface area (Å²) in [6.07, 6.45) is -0.982. The van der Waals surface area contributed by atoms with Gasteiger partial charge in [0.1, 0.15) is 5.75 Å². The number of benzene rings is 1. The van der Waals surface area contributed by atoms with E-state index in [0.29, 0.717) is 16.9 Å². The number of likely N-dealkylation sites (tertiary alicyclic amines) is 1. The van der Waals surface area contributed by atoms with Gasteiger partial charge in [-0.25, -0.2) is 4.79 Å². The van der Waals surface area contributed by atoms with Gasteiger partial charge in [0.25, 0.3) is 0 Å². The van der Waals surface area contributed by atoms with Crippen LogP contribution in [0.15, 0.2) is 24.3 Å². The maximum Gasteiger partial charge on any atom is 0.423 e. The fraction of sp³-hybridized carbons (Fsp3) is 0.526. The number of amides is 3. The molecule has 144 valence electrons. The van der Waals surface area contributed by atoms with Gasteiger partial charge in [0, 0.05) is 11.8 Å². The summed E-state index contributed by atoms with van der Waals surface area (Å²) in [5, 5.41) is 21.0. The molecule has 1 aromatic carbocycles. The normalized spacial score (nSPS) is 37.9. The van der Waals surface area contributed by atoms with Crippen LogP contribution in [0.2, 0.25) is 0 Å². The second kappa shape index (κ2) is 6.03. The molecular formula is C19H21NO7. The zero-order valence-corrected chi connectivity index (χ0v) is 15.0. The Morgan fingerprint density at radius 3 is 2.70 bits per heavy atom. The van der Waals surface area contributed by atoms with E-state index in [1.807, 2.05) is 0 Å². The molecule has 2 heterocycles. The molecule has 1 aromatic rings. The number of methoxy groups -OCH3 is 1. The summed E-state index contributed by atoms with van der Waals surface area (Å²) >= 11 is 0. The molecule has 3 aliphatic rings. The average Bonchev–Trinajstić information content (AvgIpc) is 3.11. The summed E-state index contributed by atoms with van der Waals surface area (Å²) in [5.74, 6) is -5.28. The quantitative estimate of drug-likeness (QED) is 0.716. The number of nitrogens with zero attached hydrogens (tertiary/aromatic N) is 1. The van der Waals surface area contributed by atoms with E-state index >= 15 is 0 Å². The van der Waals surface area contributed by atoms with E-state index in [9.17, 15) is 24.6 Å². The Hall–Kier alpha value is -2.45. The van der Waals surface area contributed by atoms with Crippen molar-refractivity contribution in [3.8, 4) is 5.75 Å². The monoisotopic (exact) mass is 375 g/mol. The Morgan fingerprint density at radius 2 is 2.04 bits per heavy atom. The third-order valence-electron chi connectivity index (χ3n) is 6.15. The molecule has 0 aromatic heterocycles. The number of carbonyl (C=O) groups excluding carboxylic acids is 3. The number of hydrogen-bond donors (Lipinski definition) is 2. The van der Waals surface area contributed by atoms with E-state index in [1.54, 1.807) is 25.1 Å². The second-order valence-corrected chi connectivity index (χ2v) is 7.55. The number of carbonyl (C=O) groups is 3. The average molecular weight is 375 g/mol. The SMILES string of the molecule is COC(=O)N1C(=O)[C@H]2[C@H](C[C@H](C)[C@@]3(O)O[C@H](c4cccc(O)c4)C[C@@H]23)C1=O. The van der Waals surface area contributed by atoms with Crippen LogP contribution < -0.4 is 0 Å². The van der Waals surface area contributed by atoms with Gasteiger partial charge in [-0.05, 0) is 30.5 Å². The molecule has 27 heavy (non-hydrogen) atoms. The van der Waals surface area contributed by atoms with Crippen LogP contribution in [0, 0.1) is 23.7 Å². The Bertz CT molecular complexity index is 824. The highest BCUT2D eigenvalue weighted by molar-refractivity contribution is 6.15. The van der Waals surface area contributed by atoms with Gasteiger partial charge in [0.15, 0.2) is 5.79 Å². The summed E-state index contributed by atoms with van der Waals surface area (Å²) < 4.78 is 10.5. The largest absolute Gasteiger partial charge is 0.508 e. The smallest absolute Gasteiger partial charge is 0.423 e. The number of fused-ring (bicyclic) bond motifs is 3. The first kappa shape index (κ1) is 17.9. The van der Waals surface area contributed by atoms with Gasteiger partial charge in [-0.15, -0.1) is 0 Å². The van der Waals surface area contributed by atoms with E-state index in [-0.39, 0.29) is 12.2 Å². The zero-order valence-electron chi connectivity index (χ0n) is 15.0. The molecule has 3 amide bonds. The van der Waals surface area contributed by atoms with Gasteiger partial charge < -0.3 is 19.7 Å². The third kappa shape index (κ3) is 2.47. The molecule has 2 saturated heterocycles. The highest BCUT2D eigenvalue weighted by Crippen LogP contribution is 2.58. The lowest BCUT2D eigenvalue weighted by molar-refractivity contribution is -0.265. The highest BCUT2D eigenvalue weighted by atomic mass is 16.6. The first-order valence-electron chi connectivity index (χ1n) is 8.92. The number of rotatable bonds is 1. The molecule has 2 aliphatic heterocycles. The predicted octanol–water partition coefficient (Wildman–Crippen LogP) is 1.57. The molecule has 1 aliphatic carbocycles. The van der Waals surface area contributed by atoms with Crippen LogP contribution in [0.25, 0.3) is 0 Å². The first-order chi connectivity index (χ1) is 12.8. The summed E-state index contributed by atoms with van der Waals surface area (Å²) in [7, 11) is 1.11. The van der Waals surface area contributed by atoms with Gasteiger partial charge in [-0.3, -0.25) is 9.59 Å². The van der Waals surface area contributed by atoms with Crippen molar-refractivity contribution in [2.75, 3.05) is 7.11 Å². The maximum atomic E-state index is 12.8. The van der Waals surface area contributed by atoms with Gasteiger partial charge in [0.2, 0.25) is 11.8 Å². The van der Waals surface area contributed by atoms with Crippen molar-refractivity contribution in [2.45, 2.75) is 31.7 Å². The van der Waals surface area contributed by atoms with E-state index in [4.69, 9.17) is 4.74 Å². The number of ether oxygens (including phenoxy) is 2. The van der Waals surface area contributed by atoms with Crippen molar-refractivity contribution in [3.05, 3.63) is 29.8 Å². The van der Waals surface area contributed by atoms with Crippen molar-refractivity contribution in [1.82, 2.24) is 4.90 Å².